The topological polar surface area (TPSA) is 77.0 Å². The molecule has 39 heavy (non-hydrogen) atoms. The molecular weight excluding hydrogens is 559 g/mol. The van der Waals surface area contributed by atoms with Gasteiger partial charge >= 0.3 is 6.18 Å². The van der Waals surface area contributed by atoms with Crippen LogP contribution in [0.3, 0.4) is 0 Å². The van der Waals surface area contributed by atoms with Crippen LogP contribution in [-0.4, -0.2) is 30.0 Å². The van der Waals surface area contributed by atoms with Crippen molar-refractivity contribution in [1.82, 2.24) is 9.59 Å². The Balaban J connectivity index is 1.63. The summed E-state index contributed by atoms with van der Waals surface area (Å²) in [6.07, 6.45) is -4.07. The zero-order valence-corrected chi connectivity index (χ0v) is 22.7. The largest absolute Gasteiger partial charge is 0.426 e. The van der Waals surface area contributed by atoms with E-state index in [1.165, 1.54) is 18.2 Å². The summed E-state index contributed by atoms with van der Waals surface area (Å²) in [6.45, 7) is 2.11. The minimum Gasteiger partial charge on any atom is -0.293 e. The third-order valence-electron chi connectivity index (χ3n) is 8.37. The summed E-state index contributed by atoms with van der Waals surface area (Å²) >= 11 is 0.976. The van der Waals surface area contributed by atoms with Crippen LogP contribution in [0.4, 0.5) is 22.0 Å². The van der Waals surface area contributed by atoms with Crippen molar-refractivity contribution < 1.29 is 35.2 Å². The molecule has 0 aliphatic heterocycles. The van der Waals surface area contributed by atoms with E-state index in [0.29, 0.717) is 35.0 Å². The molecule has 2 aromatic carbocycles. The molecule has 12 heteroatoms. The fourth-order valence-corrected chi connectivity index (χ4v) is 9.42. The number of alkyl halides is 4. The third-order valence-corrected chi connectivity index (χ3v) is 11.8. The molecule has 2 aliphatic rings. The number of carbonyl (C=O) groups is 1. The minimum atomic E-state index is -5.15. The van der Waals surface area contributed by atoms with Crippen LogP contribution in [0.25, 0.3) is 0 Å². The van der Waals surface area contributed by atoms with Crippen molar-refractivity contribution in [1.29, 1.82) is 0 Å². The molecule has 5 rings (SSSR count). The lowest BCUT2D eigenvalue weighted by Crippen LogP contribution is -2.45. The van der Waals surface area contributed by atoms with Crippen LogP contribution in [0, 0.1) is 24.6 Å². The number of sulfone groups is 1. The fourth-order valence-electron chi connectivity index (χ4n) is 6.31. The van der Waals surface area contributed by atoms with Gasteiger partial charge in [-0.1, -0.05) is 22.7 Å². The average molecular weight is 585 g/mol. The Labute approximate surface area is 226 Å². The minimum absolute atomic E-state index is 0.0696. The van der Waals surface area contributed by atoms with Crippen molar-refractivity contribution >= 4 is 27.2 Å². The van der Waals surface area contributed by atoms with Crippen LogP contribution >= 0.6 is 11.5 Å². The van der Waals surface area contributed by atoms with E-state index in [2.05, 4.69) is 9.59 Å². The van der Waals surface area contributed by atoms with Gasteiger partial charge in [0.2, 0.25) is 5.67 Å². The van der Waals surface area contributed by atoms with Gasteiger partial charge in [-0.25, -0.2) is 17.2 Å². The molecule has 2 aliphatic carbocycles. The maximum Gasteiger partial charge on any atom is 0.426 e. The van der Waals surface area contributed by atoms with E-state index in [1.54, 1.807) is 6.92 Å². The van der Waals surface area contributed by atoms with E-state index >= 15 is 0 Å². The average Bonchev–Trinajstić information content (AvgIpc) is 3.47. The van der Waals surface area contributed by atoms with Crippen LogP contribution < -0.4 is 0 Å². The van der Waals surface area contributed by atoms with E-state index in [9.17, 15) is 35.2 Å². The van der Waals surface area contributed by atoms with Gasteiger partial charge in [0.15, 0.2) is 15.6 Å². The lowest BCUT2D eigenvalue weighted by Gasteiger charge is -2.42. The van der Waals surface area contributed by atoms with Crippen LogP contribution in [0.2, 0.25) is 0 Å². The number of hydrogen-bond donors (Lipinski definition) is 0. The zero-order chi connectivity index (χ0) is 28.4. The highest BCUT2D eigenvalue weighted by Crippen LogP contribution is 2.60. The van der Waals surface area contributed by atoms with Crippen molar-refractivity contribution in [2.24, 2.45) is 11.8 Å². The number of fused-ring (bicyclic) bond motifs is 3. The first-order chi connectivity index (χ1) is 18.2. The molecular formula is C27H25F5N2O3S2. The lowest BCUT2D eigenvalue weighted by atomic mass is 9.72. The van der Waals surface area contributed by atoms with Crippen LogP contribution in [-0.2, 0) is 26.7 Å². The standard InChI is InChI=1S/C27H25F5N2O3S2/c1-15-24(38-34-33-15)23(35)14-17-11-12-26(39(36,37)20-7-5-19(28)6-8-20)21(17)9-3-16-13-18(4-10-22(16)26)25(2,29)27(30,31)32/h4-8,10,13,17,21H,3,9,11-12,14H2,1-2H3/t17-,21-,25?,26-/m0/s1. The maximum atomic E-state index is 14.8. The van der Waals surface area contributed by atoms with Gasteiger partial charge in [-0.05, 0) is 104 Å². The molecule has 3 aromatic rings. The number of aromatic nitrogens is 2. The Kier molecular flexibility index (Phi) is 6.73. The first-order valence-electron chi connectivity index (χ1n) is 12.4. The summed E-state index contributed by atoms with van der Waals surface area (Å²) in [4.78, 5) is 13.4. The number of aryl methyl sites for hydroxylation is 2. The Hall–Kier alpha value is -2.73. The Morgan fingerprint density at radius 2 is 1.79 bits per heavy atom. The number of rotatable bonds is 6. The molecule has 1 heterocycles. The first kappa shape index (κ1) is 27.8. The van der Waals surface area contributed by atoms with Crippen molar-refractivity contribution in [3.05, 3.63) is 75.5 Å². The van der Waals surface area contributed by atoms with E-state index in [-0.39, 0.29) is 42.3 Å². The van der Waals surface area contributed by atoms with Gasteiger partial charge in [-0.3, -0.25) is 4.79 Å². The quantitative estimate of drug-likeness (QED) is 0.184. The van der Waals surface area contributed by atoms with Gasteiger partial charge < -0.3 is 0 Å². The highest BCUT2D eigenvalue weighted by atomic mass is 32.2. The van der Waals surface area contributed by atoms with E-state index in [4.69, 9.17) is 0 Å². The number of halogens is 5. The fraction of sp³-hybridized carbons (Fsp3) is 0.444. The van der Waals surface area contributed by atoms with Gasteiger partial charge in [0.05, 0.1) is 10.6 Å². The Bertz CT molecular complexity index is 1530. The second-order valence-corrected chi connectivity index (χ2v) is 13.4. The summed E-state index contributed by atoms with van der Waals surface area (Å²) in [5.41, 5.74) is -3.08. The van der Waals surface area contributed by atoms with Gasteiger partial charge in [-0.15, -0.1) is 5.10 Å². The molecule has 0 N–H and O–H groups in total. The smallest absolute Gasteiger partial charge is 0.293 e. The predicted octanol–water partition coefficient (Wildman–Crippen LogP) is 6.65. The van der Waals surface area contributed by atoms with Crippen molar-refractivity contribution in [2.45, 2.75) is 67.4 Å². The third kappa shape index (κ3) is 4.30. The van der Waals surface area contributed by atoms with Gasteiger partial charge in [0.1, 0.15) is 15.4 Å². The molecule has 208 valence electrons. The number of nitrogens with zero attached hydrogens (tertiary/aromatic N) is 2. The molecule has 0 bridgehead atoms. The molecule has 1 unspecified atom stereocenters. The van der Waals surface area contributed by atoms with Crippen molar-refractivity contribution in [3.8, 4) is 0 Å². The maximum absolute atomic E-state index is 14.8. The van der Waals surface area contributed by atoms with E-state index in [1.807, 2.05) is 0 Å². The number of benzene rings is 2. The van der Waals surface area contributed by atoms with Crippen molar-refractivity contribution in [2.75, 3.05) is 0 Å². The SMILES string of the molecule is Cc1nnsc1C(=O)C[C@@H]1CC[C@@]2(S(=O)(=O)c3ccc(F)cc3)c3ccc(C(C)(F)C(F)(F)F)cc3CC[C@@H]12. The molecule has 1 saturated carbocycles. The molecule has 4 atom stereocenters. The summed E-state index contributed by atoms with van der Waals surface area (Å²) < 4.78 is 99.8. The van der Waals surface area contributed by atoms with Gasteiger partial charge in [0, 0.05) is 6.42 Å². The second kappa shape index (κ2) is 9.43. The molecule has 0 spiro atoms. The molecule has 0 radical (unpaired) electrons. The van der Waals surface area contributed by atoms with Crippen LogP contribution in [0.15, 0.2) is 47.4 Å². The van der Waals surface area contributed by atoms with E-state index in [0.717, 1.165) is 35.8 Å². The second-order valence-electron chi connectivity index (χ2n) is 10.5. The summed E-state index contributed by atoms with van der Waals surface area (Å²) in [5, 5.41) is 3.88. The number of hydrogen-bond acceptors (Lipinski definition) is 6. The highest BCUT2D eigenvalue weighted by molar-refractivity contribution is 7.92. The molecule has 0 saturated heterocycles. The molecule has 0 amide bonds. The van der Waals surface area contributed by atoms with Crippen molar-refractivity contribution in [3.63, 3.8) is 0 Å². The Morgan fingerprint density at radius 3 is 2.41 bits per heavy atom. The van der Waals surface area contributed by atoms with Gasteiger partial charge in [0.25, 0.3) is 0 Å². The monoisotopic (exact) mass is 584 g/mol. The molecule has 1 fully saturated rings. The lowest BCUT2D eigenvalue weighted by molar-refractivity contribution is -0.228. The molecule has 1 aromatic heterocycles. The van der Waals surface area contributed by atoms with Gasteiger partial charge in [-0.2, -0.15) is 13.2 Å². The molecule has 5 nitrogen and oxygen atoms in total. The highest BCUT2D eigenvalue weighted by Gasteiger charge is 2.61. The zero-order valence-electron chi connectivity index (χ0n) is 21.1. The Morgan fingerprint density at radius 1 is 1.10 bits per heavy atom. The van der Waals surface area contributed by atoms with E-state index < -0.39 is 43.7 Å². The van der Waals surface area contributed by atoms with Crippen LogP contribution in [0.5, 0.6) is 0 Å². The summed E-state index contributed by atoms with van der Waals surface area (Å²) in [6, 6.07) is 7.84. The number of ketones is 1. The van der Waals surface area contributed by atoms with Crippen LogP contribution in [0.1, 0.15) is 64.7 Å². The predicted molar refractivity (Wildman–Crippen MR) is 134 cm³/mol. The number of carbonyl (C=O) groups excluding carboxylic acids is 1. The summed E-state index contributed by atoms with van der Waals surface area (Å²) in [5.74, 6) is -1.67. The summed E-state index contributed by atoms with van der Waals surface area (Å²) in [7, 11) is -4.21. The normalized spacial score (nSPS) is 24.6. The first-order valence-corrected chi connectivity index (χ1v) is 14.7. The number of Topliss-reactive ketones (excluding diaryl/α,β-unsaturated/α-hetero) is 1.